The summed E-state index contributed by atoms with van der Waals surface area (Å²) >= 11 is 0. The molecule has 4 heteroatoms. The zero-order chi connectivity index (χ0) is 13.8. The molecule has 0 saturated carbocycles. The van der Waals surface area contributed by atoms with Crippen molar-refractivity contribution in [2.24, 2.45) is 12.8 Å². The van der Waals surface area contributed by atoms with Gasteiger partial charge in [-0.3, -0.25) is 0 Å². The molecule has 1 heterocycles. The maximum atomic E-state index is 6.13. The van der Waals surface area contributed by atoms with E-state index in [9.17, 15) is 0 Å². The molecule has 1 aromatic carbocycles. The number of nitrogens with two attached hydrogens (primary N) is 1. The van der Waals surface area contributed by atoms with E-state index < -0.39 is 0 Å². The Balaban J connectivity index is 0.00000200. The van der Waals surface area contributed by atoms with E-state index in [0.29, 0.717) is 0 Å². The molecule has 2 aromatic rings. The molecule has 0 bridgehead atoms. The van der Waals surface area contributed by atoms with Crippen molar-refractivity contribution in [3.8, 4) is 0 Å². The first-order chi connectivity index (χ1) is 9.06. The van der Waals surface area contributed by atoms with E-state index in [4.69, 9.17) is 5.73 Å². The zero-order valence-electron chi connectivity index (χ0n) is 12.0. The first-order valence-electron chi connectivity index (χ1n) is 6.26. The Morgan fingerprint density at radius 1 is 1.05 bits per heavy atom. The summed E-state index contributed by atoms with van der Waals surface area (Å²) in [6, 6.07) is 12.3. The molecular weight excluding hydrogens is 361 g/mol. The Labute approximate surface area is 137 Å². The summed E-state index contributed by atoms with van der Waals surface area (Å²) in [4.78, 5) is 2.07. The van der Waals surface area contributed by atoms with Crippen LogP contribution in [0.5, 0.6) is 0 Å². The van der Waals surface area contributed by atoms with Crippen LogP contribution < -0.4 is 39.2 Å². The molecule has 106 valence electrons. The van der Waals surface area contributed by atoms with Gasteiger partial charge in [-0.1, -0.05) is 12.1 Å². The van der Waals surface area contributed by atoms with Gasteiger partial charge in [-0.25, -0.2) is 4.57 Å². The predicted octanol–water partition coefficient (Wildman–Crippen LogP) is -0.962. The second kappa shape index (κ2) is 7.28. The van der Waals surface area contributed by atoms with Gasteiger partial charge in [-0.2, -0.15) is 0 Å². The summed E-state index contributed by atoms with van der Waals surface area (Å²) in [5.41, 5.74) is 10.2. The van der Waals surface area contributed by atoms with Crippen molar-refractivity contribution in [3.05, 3.63) is 59.9 Å². The number of hydrogen-bond acceptors (Lipinski definition) is 2. The Morgan fingerprint density at radius 2 is 1.60 bits per heavy atom. The number of anilines is 1. The van der Waals surface area contributed by atoms with Gasteiger partial charge in [0, 0.05) is 37.6 Å². The van der Waals surface area contributed by atoms with Gasteiger partial charge >= 0.3 is 0 Å². The Hall–Kier alpha value is -1.56. The van der Waals surface area contributed by atoms with Crippen LogP contribution >= 0.6 is 0 Å². The third-order valence-corrected chi connectivity index (χ3v) is 3.04. The molecule has 0 atom stereocenters. The third-order valence-electron chi connectivity index (χ3n) is 3.04. The maximum absolute atomic E-state index is 6.13. The SMILES string of the molecule is CN(C)c1ccc(/C(N)=C/c2cc[n+](C)cc2)cc1.[I-]. The maximum Gasteiger partial charge on any atom is 0.169 e. The van der Waals surface area contributed by atoms with Crippen LogP contribution in [-0.4, -0.2) is 14.1 Å². The average molecular weight is 381 g/mol. The van der Waals surface area contributed by atoms with Crippen molar-refractivity contribution in [2.75, 3.05) is 19.0 Å². The first-order valence-corrected chi connectivity index (χ1v) is 6.26. The van der Waals surface area contributed by atoms with Gasteiger partial charge in [-0.15, -0.1) is 0 Å². The first kappa shape index (κ1) is 16.5. The number of pyridine rings is 1. The minimum Gasteiger partial charge on any atom is -1.00 e. The molecule has 20 heavy (non-hydrogen) atoms. The lowest BCUT2D eigenvalue weighted by molar-refractivity contribution is -0.671. The second-order valence-corrected chi connectivity index (χ2v) is 4.84. The minimum atomic E-state index is 0. The normalized spacial score (nSPS) is 10.8. The molecule has 0 aliphatic rings. The van der Waals surface area contributed by atoms with Gasteiger partial charge in [-0.05, 0) is 29.3 Å². The Bertz CT molecular complexity index is 572. The van der Waals surface area contributed by atoms with Crippen LogP contribution in [0, 0.1) is 0 Å². The lowest BCUT2D eigenvalue weighted by Crippen LogP contribution is -3.00. The van der Waals surface area contributed by atoms with Crippen molar-refractivity contribution < 1.29 is 28.5 Å². The molecule has 0 radical (unpaired) electrons. The fourth-order valence-electron chi connectivity index (χ4n) is 1.82. The lowest BCUT2D eigenvalue weighted by Gasteiger charge is -2.12. The van der Waals surface area contributed by atoms with E-state index in [1.807, 2.05) is 68.4 Å². The molecule has 1 aromatic heterocycles. The molecule has 0 spiro atoms. The highest BCUT2D eigenvalue weighted by Gasteiger charge is 2.00. The number of benzene rings is 1. The number of halogens is 1. The van der Waals surface area contributed by atoms with E-state index in [-0.39, 0.29) is 24.0 Å². The summed E-state index contributed by atoms with van der Waals surface area (Å²) in [6.45, 7) is 0. The van der Waals surface area contributed by atoms with Gasteiger partial charge in [0.1, 0.15) is 7.05 Å². The summed E-state index contributed by atoms with van der Waals surface area (Å²) in [5.74, 6) is 0. The fraction of sp³-hybridized carbons (Fsp3) is 0.188. The van der Waals surface area contributed by atoms with Gasteiger partial charge in [0.25, 0.3) is 0 Å². The summed E-state index contributed by atoms with van der Waals surface area (Å²) < 4.78 is 2.00. The lowest BCUT2D eigenvalue weighted by atomic mass is 10.1. The van der Waals surface area contributed by atoms with Crippen molar-refractivity contribution in [1.29, 1.82) is 0 Å². The van der Waals surface area contributed by atoms with Crippen LogP contribution in [0.1, 0.15) is 11.1 Å². The van der Waals surface area contributed by atoms with Crippen LogP contribution in [0.25, 0.3) is 11.8 Å². The summed E-state index contributed by atoms with van der Waals surface area (Å²) in [5, 5.41) is 0. The van der Waals surface area contributed by atoms with E-state index in [2.05, 4.69) is 17.0 Å². The van der Waals surface area contributed by atoms with E-state index in [0.717, 1.165) is 16.8 Å². The van der Waals surface area contributed by atoms with Gasteiger partial charge in [0.15, 0.2) is 12.4 Å². The largest absolute Gasteiger partial charge is 1.00 e. The molecule has 2 N–H and O–H groups in total. The van der Waals surface area contributed by atoms with Crippen molar-refractivity contribution >= 4 is 17.5 Å². The van der Waals surface area contributed by atoms with E-state index >= 15 is 0 Å². The number of aromatic nitrogens is 1. The number of hydrogen-bond donors (Lipinski definition) is 1. The molecule has 3 nitrogen and oxygen atoms in total. The second-order valence-electron chi connectivity index (χ2n) is 4.84. The molecule has 2 rings (SSSR count). The molecule has 0 unspecified atom stereocenters. The van der Waals surface area contributed by atoms with Gasteiger partial charge in [0.05, 0.1) is 0 Å². The number of aryl methyl sites for hydroxylation is 1. The summed E-state index contributed by atoms with van der Waals surface area (Å²) in [6.07, 6.45) is 6.01. The highest BCUT2D eigenvalue weighted by atomic mass is 127. The highest BCUT2D eigenvalue weighted by molar-refractivity contribution is 5.79. The van der Waals surface area contributed by atoms with E-state index in [1.54, 1.807) is 0 Å². The van der Waals surface area contributed by atoms with Gasteiger partial charge < -0.3 is 34.6 Å². The molecular formula is C16H20IN3. The standard InChI is InChI=1S/C16H19N3.HI/c1-18(2)15-6-4-14(5-7-15)16(17)12-13-8-10-19(3)11-9-13;/h4-12,17H,1-3H3;1H. The monoisotopic (exact) mass is 381 g/mol. The van der Waals surface area contributed by atoms with E-state index in [1.165, 1.54) is 5.69 Å². The topological polar surface area (TPSA) is 33.1 Å². The average Bonchev–Trinajstić information content (AvgIpc) is 2.41. The zero-order valence-corrected chi connectivity index (χ0v) is 14.2. The highest BCUT2D eigenvalue weighted by Crippen LogP contribution is 2.17. The van der Waals surface area contributed by atoms with Crippen LogP contribution in [0.15, 0.2) is 48.8 Å². The molecule has 0 aliphatic heterocycles. The quantitative estimate of drug-likeness (QED) is 0.549. The molecule has 0 amide bonds. The van der Waals surface area contributed by atoms with Crippen molar-refractivity contribution in [1.82, 2.24) is 0 Å². The predicted molar refractivity (Wildman–Crippen MR) is 80.4 cm³/mol. The Kier molecular flexibility index (Phi) is 6.01. The minimum absolute atomic E-state index is 0. The van der Waals surface area contributed by atoms with Crippen molar-refractivity contribution in [2.45, 2.75) is 0 Å². The van der Waals surface area contributed by atoms with Crippen molar-refractivity contribution in [3.63, 3.8) is 0 Å². The van der Waals surface area contributed by atoms with Crippen LogP contribution in [0.2, 0.25) is 0 Å². The summed E-state index contributed by atoms with van der Waals surface area (Å²) in [7, 11) is 6.05. The Morgan fingerprint density at radius 3 is 2.10 bits per heavy atom. The molecule has 0 fully saturated rings. The fourth-order valence-corrected chi connectivity index (χ4v) is 1.82. The van der Waals surface area contributed by atoms with Crippen LogP contribution in [-0.2, 0) is 7.05 Å². The third kappa shape index (κ3) is 4.23. The van der Waals surface area contributed by atoms with Crippen LogP contribution in [0.4, 0.5) is 5.69 Å². The molecule has 0 saturated heterocycles. The van der Waals surface area contributed by atoms with Gasteiger partial charge in [0.2, 0.25) is 0 Å². The number of nitrogens with zero attached hydrogens (tertiary/aromatic N) is 2. The number of rotatable bonds is 3. The van der Waals surface area contributed by atoms with Crippen LogP contribution in [0.3, 0.4) is 0 Å². The molecule has 0 aliphatic carbocycles. The smallest absolute Gasteiger partial charge is 0.169 e.